The number of unbranched alkanes of at least 4 members (excludes halogenated alkanes) is 1. The van der Waals surface area contributed by atoms with Crippen molar-refractivity contribution in [2.24, 2.45) is 0 Å². The SMILES string of the molecule is CCCCN(C)C(=O)c1ccccc1C1=C2C=CC(=N)C=C2[Si](C)(C)c2cc(NCC)c(C)cc21. The van der Waals surface area contributed by atoms with Crippen LogP contribution in [0.15, 0.2) is 65.4 Å². The van der Waals surface area contributed by atoms with E-state index in [2.05, 4.69) is 69.5 Å². The summed E-state index contributed by atoms with van der Waals surface area (Å²) >= 11 is 0. The van der Waals surface area contributed by atoms with E-state index in [0.29, 0.717) is 5.71 Å². The number of amides is 1. The van der Waals surface area contributed by atoms with Crippen LogP contribution in [0.3, 0.4) is 0 Å². The van der Waals surface area contributed by atoms with Crippen molar-refractivity contribution >= 4 is 36.1 Å². The smallest absolute Gasteiger partial charge is 0.254 e. The van der Waals surface area contributed by atoms with E-state index in [0.717, 1.165) is 48.2 Å². The first-order chi connectivity index (χ1) is 16.7. The number of anilines is 1. The lowest BCUT2D eigenvalue weighted by Gasteiger charge is -2.38. The maximum Gasteiger partial charge on any atom is 0.254 e. The molecule has 0 spiro atoms. The normalized spacial score (nSPS) is 15.9. The van der Waals surface area contributed by atoms with Crippen molar-refractivity contribution in [3.63, 3.8) is 0 Å². The molecule has 0 bridgehead atoms. The monoisotopic (exact) mass is 483 g/mol. The average molecular weight is 484 g/mol. The predicted molar refractivity (Wildman–Crippen MR) is 152 cm³/mol. The van der Waals surface area contributed by atoms with Gasteiger partial charge in [-0.2, -0.15) is 0 Å². The largest absolute Gasteiger partial charge is 0.385 e. The van der Waals surface area contributed by atoms with Crippen molar-refractivity contribution < 1.29 is 4.79 Å². The summed E-state index contributed by atoms with van der Waals surface area (Å²) in [6.45, 7) is 12.8. The lowest BCUT2D eigenvalue weighted by atomic mass is 9.86. The van der Waals surface area contributed by atoms with Crippen LogP contribution >= 0.6 is 0 Å². The zero-order valence-electron chi connectivity index (χ0n) is 21.9. The molecule has 1 heterocycles. The van der Waals surface area contributed by atoms with Gasteiger partial charge in [0.25, 0.3) is 5.91 Å². The number of hydrogen-bond donors (Lipinski definition) is 2. The minimum Gasteiger partial charge on any atom is -0.385 e. The molecule has 1 amide bonds. The van der Waals surface area contributed by atoms with Gasteiger partial charge in [-0.1, -0.05) is 50.7 Å². The summed E-state index contributed by atoms with van der Waals surface area (Å²) < 4.78 is 0. The van der Waals surface area contributed by atoms with Crippen LogP contribution in [0.1, 0.15) is 53.7 Å². The van der Waals surface area contributed by atoms with E-state index in [-0.39, 0.29) is 5.91 Å². The summed E-state index contributed by atoms with van der Waals surface area (Å²) in [5, 5.41) is 14.5. The molecule has 1 aliphatic carbocycles. The molecular formula is C30H37N3OSi. The fourth-order valence-electron chi connectivity index (χ4n) is 5.26. The van der Waals surface area contributed by atoms with Gasteiger partial charge in [0.05, 0.1) is 5.71 Å². The van der Waals surface area contributed by atoms with Crippen molar-refractivity contribution in [3.05, 3.63) is 87.6 Å². The second-order valence-corrected chi connectivity index (χ2v) is 14.5. The highest BCUT2D eigenvalue weighted by molar-refractivity contribution is 6.98. The number of aryl methyl sites for hydroxylation is 1. The number of benzene rings is 2. The minimum atomic E-state index is -2.08. The number of nitrogens with one attached hydrogen (secondary N) is 2. The first-order valence-corrected chi connectivity index (χ1v) is 15.7. The number of hydrogen-bond acceptors (Lipinski definition) is 3. The Kier molecular flexibility index (Phi) is 6.99. The van der Waals surface area contributed by atoms with E-state index in [4.69, 9.17) is 5.41 Å². The Labute approximate surface area is 211 Å². The van der Waals surface area contributed by atoms with Gasteiger partial charge in [-0.25, -0.2) is 0 Å². The van der Waals surface area contributed by atoms with Crippen molar-refractivity contribution in [1.29, 1.82) is 5.41 Å². The first kappa shape index (κ1) is 24.9. The molecule has 2 N–H and O–H groups in total. The lowest BCUT2D eigenvalue weighted by Crippen LogP contribution is -2.49. The average Bonchev–Trinajstić information content (AvgIpc) is 2.84. The minimum absolute atomic E-state index is 0.0600. The molecule has 4 rings (SSSR count). The Bertz CT molecular complexity index is 1280. The highest BCUT2D eigenvalue weighted by Crippen LogP contribution is 2.43. The molecule has 2 aliphatic rings. The summed E-state index contributed by atoms with van der Waals surface area (Å²) in [6.07, 6.45) is 8.08. The summed E-state index contributed by atoms with van der Waals surface area (Å²) in [5.74, 6) is 0.0600. The zero-order valence-corrected chi connectivity index (χ0v) is 22.9. The molecule has 182 valence electrons. The van der Waals surface area contributed by atoms with E-state index >= 15 is 0 Å². The van der Waals surface area contributed by atoms with Crippen LogP contribution in [0.2, 0.25) is 13.1 Å². The summed E-state index contributed by atoms with van der Waals surface area (Å²) in [4.78, 5) is 15.5. The van der Waals surface area contributed by atoms with Gasteiger partial charge in [0.15, 0.2) is 0 Å². The van der Waals surface area contributed by atoms with Gasteiger partial charge in [-0.05, 0) is 88.8 Å². The van der Waals surface area contributed by atoms with Crippen molar-refractivity contribution in [1.82, 2.24) is 4.90 Å². The molecule has 0 unspecified atom stereocenters. The molecule has 2 aromatic rings. The van der Waals surface area contributed by atoms with Gasteiger partial charge in [-0.3, -0.25) is 4.79 Å². The Hall–Kier alpha value is -3.18. The third-order valence-electron chi connectivity index (χ3n) is 7.26. The van der Waals surface area contributed by atoms with Gasteiger partial charge in [0, 0.05) is 31.4 Å². The van der Waals surface area contributed by atoms with Gasteiger partial charge in [0.1, 0.15) is 8.07 Å². The zero-order chi connectivity index (χ0) is 25.3. The molecule has 0 atom stereocenters. The van der Waals surface area contributed by atoms with Gasteiger partial charge < -0.3 is 15.6 Å². The Morgan fingerprint density at radius 3 is 2.54 bits per heavy atom. The molecule has 0 radical (unpaired) electrons. The van der Waals surface area contributed by atoms with E-state index in [1.165, 1.54) is 27.2 Å². The maximum absolute atomic E-state index is 13.6. The molecule has 0 saturated carbocycles. The molecule has 0 fully saturated rings. The molecule has 0 aromatic heterocycles. The fourth-order valence-corrected chi connectivity index (χ4v) is 8.33. The summed E-state index contributed by atoms with van der Waals surface area (Å²) in [6, 6.07) is 12.7. The van der Waals surface area contributed by atoms with Gasteiger partial charge in [0.2, 0.25) is 0 Å². The van der Waals surface area contributed by atoms with E-state index in [1.807, 2.05) is 36.2 Å². The Morgan fingerprint density at radius 1 is 1.09 bits per heavy atom. The van der Waals surface area contributed by atoms with E-state index in [1.54, 1.807) is 0 Å². The quantitative estimate of drug-likeness (QED) is 0.469. The van der Waals surface area contributed by atoms with Crippen LogP contribution < -0.4 is 10.5 Å². The van der Waals surface area contributed by atoms with Gasteiger partial charge in [-0.15, -0.1) is 0 Å². The number of nitrogens with zero attached hydrogens (tertiary/aromatic N) is 1. The second kappa shape index (κ2) is 9.82. The van der Waals surface area contributed by atoms with Crippen molar-refractivity contribution in [2.45, 2.75) is 46.7 Å². The third-order valence-corrected chi connectivity index (χ3v) is 10.8. The van der Waals surface area contributed by atoms with E-state index in [9.17, 15) is 4.79 Å². The van der Waals surface area contributed by atoms with Crippen LogP contribution in [0, 0.1) is 12.3 Å². The molecular weight excluding hydrogens is 446 g/mol. The topological polar surface area (TPSA) is 56.2 Å². The molecule has 5 heteroatoms. The first-order valence-electron chi connectivity index (χ1n) is 12.7. The van der Waals surface area contributed by atoms with Crippen LogP contribution in [0.4, 0.5) is 5.69 Å². The molecule has 1 aliphatic heterocycles. The Balaban J connectivity index is 2.01. The van der Waals surface area contributed by atoms with Crippen LogP contribution in [0.5, 0.6) is 0 Å². The van der Waals surface area contributed by atoms with Crippen LogP contribution in [-0.2, 0) is 0 Å². The maximum atomic E-state index is 13.6. The lowest BCUT2D eigenvalue weighted by molar-refractivity contribution is 0.0793. The standard InChI is InChI=1S/C30H37N3OSi/c1-7-9-16-33(4)30(34)23-13-11-10-12-22(23)29-24-15-14-21(31)18-27(24)35(5,6)28-19-26(32-8-2)20(3)17-25(28)29/h10-15,17-19,31-32H,7-9,16H2,1-6H3. The third kappa shape index (κ3) is 4.45. The molecule has 4 nitrogen and oxygen atoms in total. The predicted octanol–water partition coefficient (Wildman–Crippen LogP) is 6.08. The highest BCUT2D eigenvalue weighted by atomic mass is 28.3. The number of rotatable bonds is 7. The van der Waals surface area contributed by atoms with Crippen LogP contribution in [-0.4, -0.2) is 44.7 Å². The summed E-state index contributed by atoms with van der Waals surface area (Å²) in [7, 11) is -0.181. The molecule has 0 saturated heterocycles. The van der Waals surface area contributed by atoms with Crippen molar-refractivity contribution in [3.8, 4) is 0 Å². The Morgan fingerprint density at radius 2 is 1.83 bits per heavy atom. The number of carbonyl (C=O) groups is 1. The molecule has 35 heavy (non-hydrogen) atoms. The van der Waals surface area contributed by atoms with E-state index < -0.39 is 8.07 Å². The van der Waals surface area contributed by atoms with Crippen LogP contribution in [0.25, 0.3) is 5.57 Å². The summed E-state index contributed by atoms with van der Waals surface area (Å²) in [5.41, 5.74) is 8.12. The van der Waals surface area contributed by atoms with Crippen molar-refractivity contribution in [2.75, 3.05) is 25.5 Å². The number of fused-ring (bicyclic) bond motifs is 2. The fraction of sp³-hybridized carbons (Fsp3) is 0.333. The van der Waals surface area contributed by atoms with Gasteiger partial charge >= 0.3 is 0 Å². The molecule has 2 aromatic carbocycles. The second-order valence-electron chi connectivity index (χ2n) is 10.1. The highest BCUT2D eigenvalue weighted by Gasteiger charge is 2.40. The number of allylic oxidation sites excluding steroid dienone is 5. The number of carbonyl (C=O) groups excluding carboxylic acids is 1.